The van der Waals surface area contributed by atoms with Crippen molar-refractivity contribution in [1.82, 2.24) is 15.6 Å². The number of carbonyl (C=O) groups is 2. The summed E-state index contributed by atoms with van der Waals surface area (Å²) in [6, 6.07) is 10.4. The number of benzene rings is 1. The molecule has 0 aliphatic carbocycles. The molecule has 1 aromatic carbocycles. The molecule has 0 aliphatic heterocycles. The van der Waals surface area contributed by atoms with Gasteiger partial charge in [-0.15, -0.1) is 0 Å². The predicted molar refractivity (Wildman–Crippen MR) is 106 cm³/mol. The van der Waals surface area contributed by atoms with Crippen LogP contribution < -0.4 is 22.1 Å². The maximum Gasteiger partial charge on any atom is 0.242 e. The van der Waals surface area contributed by atoms with Gasteiger partial charge in [-0.2, -0.15) is 0 Å². The number of hydrogen-bond acceptors (Lipinski definition) is 5. The number of nitrogens with zero attached hydrogens (tertiary/aromatic N) is 1. The third-order valence-corrected chi connectivity index (χ3v) is 4.32. The lowest BCUT2D eigenvalue weighted by Crippen LogP contribution is -2.50. The number of rotatable bonds is 8. The first kappa shape index (κ1) is 20.4. The topological polar surface area (TPSA) is 123 Å². The summed E-state index contributed by atoms with van der Waals surface area (Å²) in [5.74, 6) is -0.151. The van der Waals surface area contributed by atoms with Gasteiger partial charge in [-0.05, 0) is 49.4 Å². The first-order chi connectivity index (χ1) is 12.9. The zero-order valence-electron chi connectivity index (χ0n) is 15.7. The summed E-state index contributed by atoms with van der Waals surface area (Å²) in [7, 11) is 0. The number of hydrogen-bond donors (Lipinski definition) is 4. The van der Waals surface area contributed by atoms with Crippen LogP contribution in [-0.2, 0) is 22.6 Å². The molecule has 0 fully saturated rings. The van der Waals surface area contributed by atoms with Crippen molar-refractivity contribution in [1.29, 1.82) is 0 Å². The number of nitrogen functional groups attached to an aromatic ring is 1. The van der Waals surface area contributed by atoms with Crippen LogP contribution in [0.1, 0.15) is 30.0 Å². The van der Waals surface area contributed by atoms with E-state index in [9.17, 15) is 9.59 Å². The van der Waals surface area contributed by atoms with Crippen LogP contribution in [0, 0.1) is 6.92 Å². The summed E-state index contributed by atoms with van der Waals surface area (Å²) < 4.78 is 0. The van der Waals surface area contributed by atoms with Crippen molar-refractivity contribution in [3.8, 4) is 0 Å². The second kappa shape index (κ2) is 9.68. The lowest BCUT2D eigenvalue weighted by molar-refractivity contribution is -0.129. The molecule has 6 N–H and O–H groups in total. The highest BCUT2D eigenvalue weighted by Crippen LogP contribution is 2.08. The van der Waals surface area contributed by atoms with Crippen LogP contribution in [0.5, 0.6) is 0 Å². The summed E-state index contributed by atoms with van der Waals surface area (Å²) in [5, 5.41) is 5.43. The molecule has 0 aliphatic rings. The van der Waals surface area contributed by atoms with Crippen LogP contribution in [-0.4, -0.2) is 28.9 Å². The van der Waals surface area contributed by atoms with E-state index in [1.54, 1.807) is 13.1 Å². The van der Waals surface area contributed by atoms with Gasteiger partial charge in [0.15, 0.2) is 0 Å². The van der Waals surface area contributed by atoms with Crippen molar-refractivity contribution < 1.29 is 9.59 Å². The third-order valence-electron chi connectivity index (χ3n) is 4.32. The van der Waals surface area contributed by atoms with Crippen LogP contribution >= 0.6 is 0 Å². The van der Waals surface area contributed by atoms with E-state index in [1.807, 2.05) is 43.3 Å². The van der Waals surface area contributed by atoms with Crippen LogP contribution in [0.2, 0.25) is 0 Å². The zero-order valence-corrected chi connectivity index (χ0v) is 15.7. The Hall–Kier alpha value is -2.93. The number of anilines is 1. The SMILES string of the molecule is Cc1cc(CNC(=O)C(C)NC(=O)C(N)CCc2ccccc2)cnc1N. The summed E-state index contributed by atoms with van der Waals surface area (Å²) >= 11 is 0. The fraction of sp³-hybridized carbons (Fsp3) is 0.350. The van der Waals surface area contributed by atoms with Gasteiger partial charge in [0.1, 0.15) is 11.9 Å². The van der Waals surface area contributed by atoms with E-state index in [-0.39, 0.29) is 11.8 Å². The highest BCUT2D eigenvalue weighted by atomic mass is 16.2. The first-order valence-electron chi connectivity index (χ1n) is 8.95. The molecule has 2 atom stereocenters. The van der Waals surface area contributed by atoms with E-state index in [1.165, 1.54) is 0 Å². The molecule has 2 amide bonds. The average molecular weight is 369 g/mol. The van der Waals surface area contributed by atoms with Gasteiger partial charge >= 0.3 is 0 Å². The summed E-state index contributed by atoms with van der Waals surface area (Å²) in [6.07, 6.45) is 2.84. The maximum absolute atomic E-state index is 12.2. The van der Waals surface area contributed by atoms with E-state index < -0.39 is 12.1 Å². The van der Waals surface area contributed by atoms with E-state index in [4.69, 9.17) is 11.5 Å². The second-order valence-corrected chi connectivity index (χ2v) is 6.62. The number of amides is 2. The van der Waals surface area contributed by atoms with Crippen LogP contribution in [0.25, 0.3) is 0 Å². The molecule has 0 saturated heterocycles. The molecule has 2 aromatic rings. The van der Waals surface area contributed by atoms with Crippen molar-refractivity contribution in [2.45, 2.75) is 45.3 Å². The molecular formula is C20H27N5O2. The van der Waals surface area contributed by atoms with Gasteiger partial charge < -0.3 is 22.1 Å². The maximum atomic E-state index is 12.2. The molecule has 7 heteroatoms. The number of pyridine rings is 1. The number of carbonyl (C=O) groups excluding carboxylic acids is 2. The zero-order chi connectivity index (χ0) is 19.8. The Morgan fingerprint density at radius 3 is 2.52 bits per heavy atom. The number of aryl methyl sites for hydroxylation is 2. The molecule has 144 valence electrons. The minimum absolute atomic E-state index is 0.284. The smallest absolute Gasteiger partial charge is 0.242 e. The molecule has 27 heavy (non-hydrogen) atoms. The minimum Gasteiger partial charge on any atom is -0.383 e. The summed E-state index contributed by atoms with van der Waals surface area (Å²) in [6.45, 7) is 3.80. The van der Waals surface area contributed by atoms with Gasteiger partial charge in [-0.3, -0.25) is 9.59 Å². The monoisotopic (exact) mass is 369 g/mol. The molecule has 0 saturated carbocycles. The first-order valence-corrected chi connectivity index (χ1v) is 8.95. The van der Waals surface area contributed by atoms with Crippen molar-refractivity contribution in [3.63, 3.8) is 0 Å². The molecule has 2 rings (SSSR count). The second-order valence-electron chi connectivity index (χ2n) is 6.62. The van der Waals surface area contributed by atoms with Crippen LogP contribution in [0.15, 0.2) is 42.6 Å². The standard InChI is InChI=1S/C20H27N5O2/c1-13-10-16(11-23-18(13)22)12-24-19(26)14(2)25-20(27)17(21)9-8-15-6-4-3-5-7-15/h3-7,10-11,14,17H,8-9,12,21H2,1-2H3,(H2,22,23)(H,24,26)(H,25,27). The van der Waals surface area contributed by atoms with E-state index in [0.717, 1.165) is 16.7 Å². The van der Waals surface area contributed by atoms with Crippen molar-refractivity contribution in [2.75, 3.05) is 5.73 Å². The van der Waals surface area contributed by atoms with Crippen LogP contribution in [0.4, 0.5) is 5.82 Å². The van der Waals surface area contributed by atoms with Crippen molar-refractivity contribution >= 4 is 17.6 Å². The van der Waals surface area contributed by atoms with Gasteiger partial charge in [0, 0.05) is 12.7 Å². The van der Waals surface area contributed by atoms with Gasteiger partial charge in [0.25, 0.3) is 0 Å². The van der Waals surface area contributed by atoms with Gasteiger partial charge in [-0.1, -0.05) is 30.3 Å². The average Bonchev–Trinajstić information content (AvgIpc) is 2.67. The molecule has 2 unspecified atom stereocenters. The quantitative estimate of drug-likeness (QED) is 0.554. The largest absolute Gasteiger partial charge is 0.383 e. The molecule has 1 heterocycles. The van der Waals surface area contributed by atoms with Crippen LogP contribution in [0.3, 0.4) is 0 Å². The Balaban J connectivity index is 1.76. The van der Waals surface area contributed by atoms with Gasteiger partial charge in [0.2, 0.25) is 11.8 Å². The Bertz CT molecular complexity index is 779. The van der Waals surface area contributed by atoms with E-state index >= 15 is 0 Å². The van der Waals surface area contributed by atoms with Crippen molar-refractivity contribution in [2.24, 2.45) is 5.73 Å². The fourth-order valence-electron chi connectivity index (χ4n) is 2.57. The Labute approximate surface area is 159 Å². The summed E-state index contributed by atoms with van der Waals surface area (Å²) in [4.78, 5) is 28.4. The molecule has 0 bridgehead atoms. The molecule has 7 nitrogen and oxygen atoms in total. The highest BCUT2D eigenvalue weighted by Gasteiger charge is 2.19. The molecule has 1 aromatic heterocycles. The van der Waals surface area contributed by atoms with Crippen molar-refractivity contribution in [3.05, 3.63) is 59.3 Å². The Morgan fingerprint density at radius 1 is 1.15 bits per heavy atom. The lowest BCUT2D eigenvalue weighted by atomic mass is 10.1. The molecule has 0 spiro atoms. The Morgan fingerprint density at radius 2 is 1.85 bits per heavy atom. The molecular weight excluding hydrogens is 342 g/mol. The Kier molecular flexibility index (Phi) is 7.31. The van der Waals surface area contributed by atoms with E-state index in [2.05, 4.69) is 15.6 Å². The number of aromatic nitrogens is 1. The number of nitrogens with two attached hydrogens (primary N) is 2. The highest BCUT2D eigenvalue weighted by molar-refractivity contribution is 5.89. The van der Waals surface area contributed by atoms with Gasteiger partial charge in [0.05, 0.1) is 6.04 Å². The fourth-order valence-corrected chi connectivity index (χ4v) is 2.57. The third kappa shape index (κ3) is 6.38. The minimum atomic E-state index is -0.678. The summed E-state index contributed by atoms with van der Waals surface area (Å²) in [5.41, 5.74) is 14.4. The molecule has 0 radical (unpaired) electrons. The van der Waals surface area contributed by atoms with Gasteiger partial charge in [-0.25, -0.2) is 4.98 Å². The predicted octanol–water partition coefficient (Wildman–Crippen LogP) is 1.05. The normalized spacial score (nSPS) is 12.9. The lowest BCUT2D eigenvalue weighted by Gasteiger charge is -2.17. The number of nitrogens with one attached hydrogen (secondary N) is 2. The van der Waals surface area contributed by atoms with E-state index in [0.29, 0.717) is 25.2 Å².